The van der Waals surface area contributed by atoms with Crippen molar-refractivity contribution in [3.05, 3.63) is 0 Å². The highest BCUT2D eigenvalue weighted by molar-refractivity contribution is 6.36. The van der Waals surface area contributed by atoms with E-state index in [1.165, 1.54) is 0 Å². The largest absolute Gasteiger partial charge is 0.455 e. The molecule has 1 atom stereocenters. The minimum absolute atomic E-state index is 0.148. The number of aliphatic hydroxyl groups is 1. The quantitative estimate of drug-likeness (QED) is 0.533. The van der Waals surface area contributed by atoms with E-state index in [9.17, 15) is 4.79 Å². The van der Waals surface area contributed by atoms with Crippen LogP contribution in [-0.4, -0.2) is 29.0 Å². The van der Waals surface area contributed by atoms with Crippen molar-refractivity contribution in [2.24, 2.45) is 5.92 Å². The van der Waals surface area contributed by atoms with Gasteiger partial charge in [0.2, 0.25) is 0 Å². The summed E-state index contributed by atoms with van der Waals surface area (Å²) in [4.78, 5) is 11.4. The number of aliphatic hydroxyl groups excluding tert-OH is 1. The molecule has 0 aromatic heterocycles. The van der Waals surface area contributed by atoms with Gasteiger partial charge in [0.25, 0.3) is 0 Å². The minimum Gasteiger partial charge on any atom is -0.455 e. The summed E-state index contributed by atoms with van der Waals surface area (Å²) in [6.45, 7) is 6.88. The number of ether oxygens (including phenoxy) is 1. The zero-order valence-electron chi connectivity index (χ0n) is 9.26. The molecule has 0 aliphatic heterocycles. The van der Waals surface area contributed by atoms with E-state index in [1.54, 1.807) is 20.8 Å². The Balaban J connectivity index is 4.32. The smallest absolute Gasteiger partial charge is 0.352 e. The van der Waals surface area contributed by atoms with Gasteiger partial charge >= 0.3 is 5.97 Å². The van der Waals surface area contributed by atoms with E-state index in [2.05, 4.69) is 0 Å². The maximum atomic E-state index is 11.4. The molecule has 0 saturated heterocycles. The van der Waals surface area contributed by atoms with Crippen LogP contribution in [0.15, 0.2) is 0 Å². The van der Waals surface area contributed by atoms with Gasteiger partial charge < -0.3 is 9.84 Å². The Labute approximate surface area is 84.8 Å². The Morgan fingerprint density at radius 3 is 2.29 bits per heavy atom. The van der Waals surface area contributed by atoms with Gasteiger partial charge in [-0.1, -0.05) is 6.92 Å². The number of nitrogens with one attached hydrogen (secondary N) is 1. The van der Waals surface area contributed by atoms with Crippen molar-refractivity contribution >= 4 is 11.7 Å². The first kappa shape index (κ1) is 13.1. The van der Waals surface area contributed by atoms with Crippen molar-refractivity contribution in [3.63, 3.8) is 0 Å². The van der Waals surface area contributed by atoms with Gasteiger partial charge in [0.05, 0.1) is 6.61 Å². The Kier molecular flexibility index (Phi) is 4.77. The van der Waals surface area contributed by atoms with Crippen LogP contribution in [0.25, 0.3) is 0 Å². The molecule has 0 aromatic rings. The Hall–Kier alpha value is -0.900. The van der Waals surface area contributed by atoms with Crippen molar-refractivity contribution in [1.82, 2.24) is 0 Å². The van der Waals surface area contributed by atoms with Crippen LogP contribution < -0.4 is 0 Å². The topological polar surface area (TPSA) is 70.4 Å². The van der Waals surface area contributed by atoms with E-state index in [0.29, 0.717) is 6.42 Å². The molecular formula is C10H19NO3. The van der Waals surface area contributed by atoms with Crippen molar-refractivity contribution in [1.29, 1.82) is 5.41 Å². The lowest BCUT2D eigenvalue weighted by Gasteiger charge is -2.21. The molecule has 0 aromatic carbocycles. The summed E-state index contributed by atoms with van der Waals surface area (Å²) in [7, 11) is 0. The van der Waals surface area contributed by atoms with Crippen molar-refractivity contribution in [2.45, 2.75) is 39.7 Å². The minimum atomic E-state index is -0.640. The summed E-state index contributed by atoms with van der Waals surface area (Å²) in [5, 5.41) is 16.4. The molecule has 0 saturated carbocycles. The number of carbonyl (C=O) groups excluding carboxylic acids is 1. The maximum absolute atomic E-state index is 11.4. The molecule has 0 aliphatic rings. The van der Waals surface area contributed by atoms with Crippen LogP contribution in [0.3, 0.4) is 0 Å². The predicted molar refractivity (Wildman–Crippen MR) is 54.4 cm³/mol. The molecule has 0 unspecified atom stereocenters. The molecular weight excluding hydrogens is 182 g/mol. The number of carbonyl (C=O) groups is 1. The number of hydrogen-bond acceptors (Lipinski definition) is 4. The van der Waals surface area contributed by atoms with E-state index >= 15 is 0 Å². The Bertz CT molecular complexity index is 214. The van der Waals surface area contributed by atoms with Gasteiger partial charge in [-0.05, 0) is 27.2 Å². The van der Waals surface area contributed by atoms with Gasteiger partial charge in [0.1, 0.15) is 11.3 Å². The number of esters is 1. The summed E-state index contributed by atoms with van der Waals surface area (Å²) >= 11 is 0. The molecule has 0 aliphatic carbocycles. The SMILES string of the molecule is CC[C@H](CO)C(=N)C(=O)OC(C)(C)C. The average molecular weight is 201 g/mol. The van der Waals surface area contributed by atoms with E-state index in [1.807, 2.05) is 6.92 Å². The predicted octanol–water partition coefficient (Wildman–Crippen LogP) is 1.37. The monoisotopic (exact) mass is 201 g/mol. The summed E-state index contributed by atoms with van der Waals surface area (Å²) in [5.41, 5.74) is -0.734. The second-order valence-electron chi connectivity index (χ2n) is 4.20. The van der Waals surface area contributed by atoms with E-state index in [0.717, 1.165) is 0 Å². The molecule has 0 spiro atoms. The Morgan fingerprint density at radius 1 is 1.50 bits per heavy atom. The van der Waals surface area contributed by atoms with Gasteiger partial charge in [-0.3, -0.25) is 5.41 Å². The molecule has 0 heterocycles. The van der Waals surface area contributed by atoms with Crippen molar-refractivity contribution in [3.8, 4) is 0 Å². The zero-order valence-corrected chi connectivity index (χ0v) is 9.26. The molecule has 0 bridgehead atoms. The molecule has 14 heavy (non-hydrogen) atoms. The van der Waals surface area contributed by atoms with Gasteiger partial charge in [-0.2, -0.15) is 0 Å². The molecule has 0 radical (unpaired) electrons. The molecule has 82 valence electrons. The fraction of sp³-hybridized carbons (Fsp3) is 0.800. The summed E-state index contributed by atoms with van der Waals surface area (Å²) in [6.07, 6.45) is 0.564. The highest BCUT2D eigenvalue weighted by Crippen LogP contribution is 2.11. The van der Waals surface area contributed by atoms with Crippen LogP contribution >= 0.6 is 0 Å². The second kappa shape index (κ2) is 5.10. The first-order valence-electron chi connectivity index (χ1n) is 4.74. The van der Waals surface area contributed by atoms with Crippen LogP contribution in [0, 0.1) is 11.3 Å². The zero-order chi connectivity index (χ0) is 11.4. The van der Waals surface area contributed by atoms with Gasteiger partial charge in [0.15, 0.2) is 0 Å². The van der Waals surface area contributed by atoms with Crippen molar-refractivity contribution in [2.75, 3.05) is 6.61 Å². The summed E-state index contributed by atoms with van der Waals surface area (Å²) in [6, 6.07) is 0. The van der Waals surface area contributed by atoms with Crippen LogP contribution in [0.4, 0.5) is 0 Å². The van der Waals surface area contributed by atoms with Gasteiger partial charge in [-0.15, -0.1) is 0 Å². The fourth-order valence-electron chi connectivity index (χ4n) is 0.924. The van der Waals surface area contributed by atoms with E-state index in [-0.39, 0.29) is 12.3 Å². The highest BCUT2D eigenvalue weighted by atomic mass is 16.6. The molecule has 0 rings (SSSR count). The van der Waals surface area contributed by atoms with E-state index < -0.39 is 17.5 Å². The maximum Gasteiger partial charge on any atom is 0.352 e. The fourth-order valence-corrected chi connectivity index (χ4v) is 0.924. The number of rotatable bonds is 4. The van der Waals surface area contributed by atoms with Crippen LogP contribution in [0.1, 0.15) is 34.1 Å². The van der Waals surface area contributed by atoms with Gasteiger partial charge in [0, 0.05) is 5.92 Å². The first-order valence-corrected chi connectivity index (χ1v) is 4.74. The van der Waals surface area contributed by atoms with Crippen LogP contribution in [0.5, 0.6) is 0 Å². The van der Waals surface area contributed by atoms with Crippen molar-refractivity contribution < 1.29 is 14.6 Å². The first-order chi connectivity index (χ1) is 6.31. The average Bonchev–Trinajstić information content (AvgIpc) is 2.03. The standard InChI is InChI=1S/C10H19NO3/c1-5-7(6-12)8(11)9(13)14-10(2,3)4/h7,11-12H,5-6H2,1-4H3/t7-/m1/s1. The molecule has 2 N–H and O–H groups in total. The van der Waals surface area contributed by atoms with Gasteiger partial charge in [-0.25, -0.2) is 4.79 Å². The second-order valence-corrected chi connectivity index (χ2v) is 4.20. The third kappa shape index (κ3) is 4.37. The molecule has 0 fully saturated rings. The molecule has 0 amide bonds. The normalized spacial score (nSPS) is 13.5. The number of hydrogen-bond donors (Lipinski definition) is 2. The lowest BCUT2D eigenvalue weighted by atomic mass is 10.0. The molecule has 4 heteroatoms. The highest BCUT2D eigenvalue weighted by Gasteiger charge is 2.24. The van der Waals surface area contributed by atoms with E-state index in [4.69, 9.17) is 15.3 Å². The van der Waals surface area contributed by atoms with Crippen LogP contribution in [0.2, 0.25) is 0 Å². The Morgan fingerprint density at radius 2 is 2.00 bits per heavy atom. The third-order valence-corrected chi connectivity index (χ3v) is 1.74. The lowest BCUT2D eigenvalue weighted by Crippen LogP contribution is -2.33. The third-order valence-electron chi connectivity index (χ3n) is 1.74. The molecule has 4 nitrogen and oxygen atoms in total. The summed E-state index contributed by atoms with van der Waals surface area (Å²) in [5.74, 6) is -1.05. The summed E-state index contributed by atoms with van der Waals surface area (Å²) < 4.78 is 5.01. The van der Waals surface area contributed by atoms with Crippen LogP contribution in [-0.2, 0) is 9.53 Å². The lowest BCUT2D eigenvalue weighted by molar-refractivity contribution is -0.146.